The average molecular weight is 173 g/mol. The number of H-pyrrole nitrogens is 1. The topological polar surface area (TPSA) is 58.6 Å². The van der Waals surface area contributed by atoms with Gasteiger partial charge in [0.2, 0.25) is 0 Å². The Morgan fingerprint density at radius 1 is 1.64 bits per heavy atom. The first-order valence-corrected chi connectivity index (χ1v) is 4.94. The highest BCUT2D eigenvalue weighted by Gasteiger charge is 2.02. The lowest BCUT2D eigenvalue weighted by atomic mass is 10.7. The van der Waals surface area contributed by atoms with Gasteiger partial charge in [-0.1, -0.05) is 6.92 Å². The van der Waals surface area contributed by atoms with Crippen LogP contribution in [0.15, 0.2) is 0 Å². The molecule has 5 heteroatoms. The lowest BCUT2D eigenvalue weighted by Gasteiger charge is -1.90. The van der Waals surface area contributed by atoms with Crippen LogP contribution in [0, 0.1) is 6.92 Å². The molecule has 0 aliphatic carbocycles. The molecule has 0 aromatic carbocycles. The number of rotatable bonds is 3. The highest BCUT2D eigenvalue weighted by atomic mass is 32.2. The number of hydrogen-bond donors (Lipinski definition) is 1. The normalized spacial score (nSPS) is 13.3. The first kappa shape index (κ1) is 8.39. The molecule has 0 amide bonds. The van der Waals surface area contributed by atoms with Crippen LogP contribution in [0.4, 0.5) is 0 Å². The average Bonchev–Trinajstić information content (AvgIpc) is 2.35. The fourth-order valence-corrected chi connectivity index (χ4v) is 1.32. The second-order valence-corrected chi connectivity index (χ2v) is 3.96. The predicted octanol–water partition coefficient (Wildman–Crippen LogP) is 0.382. The van der Waals surface area contributed by atoms with E-state index in [9.17, 15) is 4.21 Å². The van der Waals surface area contributed by atoms with E-state index in [4.69, 9.17) is 0 Å². The van der Waals surface area contributed by atoms with E-state index in [1.165, 1.54) is 0 Å². The molecule has 62 valence electrons. The molecule has 0 spiro atoms. The van der Waals surface area contributed by atoms with Crippen molar-refractivity contribution in [2.24, 2.45) is 0 Å². The summed E-state index contributed by atoms with van der Waals surface area (Å²) in [4.78, 5) is 4.04. The zero-order valence-electron chi connectivity index (χ0n) is 6.63. The number of nitrogens with one attached hydrogen (secondary N) is 1. The minimum atomic E-state index is -0.810. The predicted molar refractivity (Wildman–Crippen MR) is 43.5 cm³/mol. The molecule has 1 N–H and O–H groups in total. The van der Waals surface area contributed by atoms with Gasteiger partial charge in [0, 0.05) is 16.6 Å². The molecule has 0 bridgehead atoms. The second kappa shape index (κ2) is 3.61. The van der Waals surface area contributed by atoms with E-state index < -0.39 is 10.8 Å². The zero-order valence-corrected chi connectivity index (χ0v) is 7.44. The Morgan fingerprint density at radius 3 is 2.82 bits per heavy atom. The highest BCUT2D eigenvalue weighted by Crippen LogP contribution is 1.95. The third-order valence-electron chi connectivity index (χ3n) is 1.26. The fraction of sp³-hybridized carbons (Fsp3) is 0.667. The van der Waals surface area contributed by atoms with Gasteiger partial charge in [0.25, 0.3) is 0 Å². The van der Waals surface area contributed by atoms with Gasteiger partial charge in [0.05, 0.1) is 5.75 Å². The molecule has 1 atom stereocenters. The molecule has 1 heterocycles. The Kier molecular flexibility index (Phi) is 2.76. The number of aromatic amines is 1. The smallest absolute Gasteiger partial charge is 0.163 e. The second-order valence-electron chi connectivity index (χ2n) is 2.21. The van der Waals surface area contributed by atoms with Crippen molar-refractivity contribution < 1.29 is 4.21 Å². The molecule has 1 aromatic heterocycles. The summed E-state index contributed by atoms with van der Waals surface area (Å²) < 4.78 is 11.0. The van der Waals surface area contributed by atoms with E-state index >= 15 is 0 Å². The van der Waals surface area contributed by atoms with Gasteiger partial charge >= 0.3 is 0 Å². The zero-order chi connectivity index (χ0) is 8.27. The van der Waals surface area contributed by atoms with Crippen molar-refractivity contribution in [3.63, 3.8) is 0 Å². The number of aryl methyl sites for hydroxylation is 1. The molecule has 1 rings (SSSR count). The SMILES string of the molecule is CCS(=O)Cc1n[nH]c(C)n1. The van der Waals surface area contributed by atoms with Gasteiger partial charge in [0.15, 0.2) is 5.82 Å². The van der Waals surface area contributed by atoms with Crippen LogP contribution in [-0.4, -0.2) is 25.1 Å². The standard InChI is InChI=1S/C6H11N3OS/c1-3-11(10)4-6-7-5(2)8-9-6/h3-4H2,1-2H3,(H,7,8,9). The Labute approximate surface area is 67.9 Å². The largest absolute Gasteiger partial charge is 0.263 e. The van der Waals surface area contributed by atoms with Crippen molar-refractivity contribution in [2.45, 2.75) is 19.6 Å². The molecule has 0 saturated heterocycles. The molecule has 0 aliphatic heterocycles. The van der Waals surface area contributed by atoms with E-state index in [0.717, 1.165) is 5.82 Å². The third kappa shape index (κ3) is 2.42. The third-order valence-corrected chi connectivity index (χ3v) is 2.48. The van der Waals surface area contributed by atoms with E-state index in [0.29, 0.717) is 17.3 Å². The van der Waals surface area contributed by atoms with Gasteiger partial charge < -0.3 is 0 Å². The van der Waals surface area contributed by atoms with Gasteiger partial charge in [-0.05, 0) is 6.92 Å². The minimum Gasteiger partial charge on any atom is -0.263 e. The van der Waals surface area contributed by atoms with Crippen molar-refractivity contribution in [3.05, 3.63) is 11.6 Å². The molecule has 0 saturated carbocycles. The molecule has 1 unspecified atom stereocenters. The molecular formula is C6H11N3OS. The summed E-state index contributed by atoms with van der Waals surface area (Å²) in [7, 11) is -0.810. The van der Waals surface area contributed by atoms with Gasteiger partial charge in [-0.25, -0.2) is 4.98 Å². The van der Waals surface area contributed by atoms with Crippen molar-refractivity contribution in [1.29, 1.82) is 0 Å². The van der Waals surface area contributed by atoms with Crippen LogP contribution >= 0.6 is 0 Å². The molecular weight excluding hydrogens is 162 g/mol. The Balaban J connectivity index is 2.57. The van der Waals surface area contributed by atoms with Crippen LogP contribution in [0.2, 0.25) is 0 Å². The molecule has 0 fully saturated rings. The van der Waals surface area contributed by atoms with Crippen LogP contribution in [0.25, 0.3) is 0 Å². The maximum absolute atomic E-state index is 11.0. The Morgan fingerprint density at radius 2 is 2.36 bits per heavy atom. The van der Waals surface area contributed by atoms with Crippen molar-refractivity contribution >= 4 is 10.8 Å². The van der Waals surface area contributed by atoms with Crippen LogP contribution < -0.4 is 0 Å². The van der Waals surface area contributed by atoms with Crippen molar-refractivity contribution in [3.8, 4) is 0 Å². The maximum Gasteiger partial charge on any atom is 0.163 e. The maximum atomic E-state index is 11.0. The van der Waals surface area contributed by atoms with Crippen LogP contribution in [0.1, 0.15) is 18.6 Å². The first-order valence-electron chi connectivity index (χ1n) is 3.45. The molecule has 4 nitrogen and oxygen atoms in total. The van der Waals surface area contributed by atoms with Gasteiger partial charge in [0.1, 0.15) is 5.82 Å². The van der Waals surface area contributed by atoms with E-state index in [-0.39, 0.29) is 0 Å². The Hall–Kier alpha value is -0.710. The summed E-state index contributed by atoms with van der Waals surface area (Å²) in [6.07, 6.45) is 0. The minimum absolute atomic E-state index is 0.459. The number of hydrogen-bond acceptors (Lipinski definition) is 3. The van der Waals surface area contributed by atoms with Gasteiger partial charge in [-0.2, -0.15) is 5.10 Å². The fourth-order valence-electron chi connectivity index (χ4n) is 0.700. The van der Waals surface area contributed by atoms with Crippen LogP contribution in [-0.2, 0) is 16.6 Å². The summed E-state index contributed by atoms with van der Waals surface area (Å²) in [5, 5.41) is 6.58. The van der Waals surface area contributed by atoms with E-state index in [1.807, 2.05) is 13.8 Å². The number of aromatic nitrogens is 3. The molecule has 1 aromatic rings. The summed E-state index contributed by atoms with van der Waals surface area (Å²) >= 11 is 0. The van der Waals surface area contributed by atoms with Crippen molar-refractivity contribution in [2.75, 3.05) is 5.75 Å². The lowest BCUT2D eigenvalue weighted by molar-refractivity contribution is 0.682. The summed E-state index contributed by atoms with van der Waals surface area (Å²) in [6, 6.07) is 0. The number of nitrogens with zero attached hydrogens (tertiary/aromatic N) is 2. The van der Waals surface area contributed by atoms with Crippen LogP contribution in [0.3, 0.4) is 0 Å². The quantitative estimate of drug-likeness (QED) is 0.719. The molecule has 11 heavy (non-hydrogen) atoms. The molecule has 0 radical (unpaired) electrons. The first-order chi connectivity index (χ1) is 5.22. The van der Waals surface area contributed by atoms with Crippen LogP contribution in [0.5, 0.6) is 0 Å². The van der Waals surface area contributed by atoms with Gasteiger partial charge in [-0.15, -0.1) is 0 Å². The molecule has 0 aliphatic rings. The summed E-state index contributed by atoms with van der Waals surface area (Å²) in [5.41, 5.74) is 0. The van der Waals surface area contributed by atoms with Gasteiger partial charge in [-0.3, -0.25) is 9.31 Å². The summed E-state index contributed by atoms with van der Waals surface area (Å²) in [6.45, 7) is 3.71. The monoisotopic (exact) mass is 173 g/mol. The van der Waals surface area contributed by atoms with E-state index in [1.54, 1.807) is 0 Å². The summed E-state index contributed by atoms with van der Waals surface area (Å²) in [5.74, 6) is 2.53. The highest BCUT2D eigenvalue weighted by molar-refractivity contribution is 7.84. The lowest BCUT2D eigenvalue weighted by Crippen LogP contribution is -1.99. The van der Waals surface area contributed by atoms with Crippen molar-refractivity contribution in [1.82, 2.24) is 15.2 Å². The van der Waals surface area contributed by atoms with E-state index in [2.05, 4.69) is 15.2 Å². The Bertz CT molecular complexity index is 258.